The zero-order valence-corrected chi connectivity index (χ0v) is 11.9. The molecule has 0 bridgehead atoms. The van der Waals surface area contributed by atoms with Crippen molar-refractivity contribution in [2.75, 3.05) is 13.1 Å². The van der Waals surface area contributed by atoms with Crippen LogP contribution in [0.2, 0.25) is 0 Å². The third-order valence-corrected chi connectivity index (χ3v) is 4.57. The van der Waals surface area contributed by atoms with Crippen molar-refractivity contribution in [2.45, 2.75) is 44.8 Å². The molecule has 3 nitrogen and oxygen atoms in total. The van der Waals surface area contributed by atoms with Gasteiger partial charge in [-0.1, -0.05) is 12.1 Å². The van der Waals surface area contributed by atoms with Crippen molar-refractivity contribution in [3.8, 4) is 5.75 Å². The van der Waals surface area contributed by atoms with Crippen molar-refractivity contribution >= 4 is 0 Å². The molecule has 1 heterocycles. The van der Waals surface area contributed by atoms with E-state index in [1.807, 2.05) is 12.1 Å². The normalized spacial score (nSPS) is 27.4. The molecule has 2 N–H and O–H groups in total. The Hall–Kier alpha value is -1.06. The fraction of sp³-hybridized carbons (Fsp3) is 0.625. The summed E-state index contributed by atoms with van der Waals surface area (Å²) in [5.41, 5.74) is 1.48. The second kappa shape index (κ2) is 4.80. The standard InChI is InChI=1S/C16H24N2O/c1-16(2)11-17-15(13-5-6-13)10-18(16)9-12-3-7-14(19)8-4-12/h3-4,7-8,13,15,17,19H,5-6,9-11H2,1-2H3. The fourth-order valence-electron chi connectivity index (χ4n) is 2.96. The molecule has 0 spiro atoms. The minimum Gasteiger partial charge on any atom is -0.508 e. The van der Waals surface area contributed by atoms with Gasteiger partial charge in [0.25, 0.3) is 0 Å². The van der Waals surface area contributed by atoms with Crippen LogP contribution in [0.3, 0.4) is 0 Å². The Morgan fingerprint density at radius 3 is 2.58 bits per heavy atom. The Bertz CT molecular complexity index is 437. The summed E-state index contributed by atoms with van der Waals surface area (Å²) in [6, 6.07) is 8.29. The van der Waals surface area contributed by atoms with Crippen LogP contribution in [0.25, 0.3) is 0 Å². The van der Waals surface area contributed by atoms with Gasteiger partial charge in [-0.05, 0) is 50.3 Å². The summed E-state index contributed by atoms with van der Waals surface area (Å²) in [5.74, 6) is 1.25. The molecule has 1 saturated carbocycles. The number of benzene rings is 1. The van der Waals surface area contributed by atoms with Crippen LogP contribution >= 0.6 is 0 Å². The lowest BCUT2D eigenvalue weighted by atomic mass is 9.95. The lowest BCUT2D eigenvalue weighted by molar-refractivity contribution is 0.0534. The summed E-state index contributed by atoms with van der Waals surface area (Å²) in [6.07, 6.45) is 2.79. The first-order chi connectivity index (χ1) is 9.04. The van der Waals surface area contributed by atoms with Crippen LogP contribution in [0.15, 0.2) is 24.3 Å². The van der Waals surface area contributed by atoms with E-state index in [0.29, 0.717) is 11.8 Å². The quantitative estimate of drug-likeness (QED) is 0.875. The SMILES string of the molecule is CC1(C)CNC(C2CC2)CN1Cc1ccc(O)cc1. The summed E-state index contributed by atoms with van der Waals surface area (Å²) in [7, 11) is 0. The van der Waals surface area contributed by atoms with Crippen LogP contribution in [-0.2, 0) is 6.54 Å². The lowest BCUT2D eigenvalue weighted by Crippen LogP contribution is -2.62. The maximum atomic E-state index is 9.36. The highest BCUT2D eigenvalue weighted by Crippen LogP contribution is 2.36. The second-order valence-corrected chi connectivity index (χ2v) is 6.68. The molecule has 0 aromatic heterocycles. The van der Waals surface area contributed by atoms with Crippen LogP contribution in [0, 0.1) is 5.92 Å². The van der Waals surface area contributed by atoms with E-state index in [9.17, 15) is 5.11 Å². The Morgan fingerprint density at radius 1 is 1.26 bits per heavy atom. The molecular formula is C16H24N2O. The number of phenolic OH excluding ortho intramolecular Hbond substituents is 1. The van der Waals surface area contributed by atoms with Crippen LogP contribution in [0.4, 0.5) is 0 Å². The highest BCUT2D eigenvalue weighted by Gasteiger charge is 2.40. The smallest absolute Gasteiger partial charge is 0.115 e. The molecule has 1 atom stereocenters. The van der Waals surface area contributed by atoms with Crippen LogP contribution < -0.4 is 5.32 Å². The number of piperazine rings is 1. The van der Waals surface area contributed by atoms with Gasteiger partial charge in [-0.3, -0.25) is 4.90 Å². The van der Waals surface area contributed by atoms with E-state index in [0.717, 1.165) is 25.6 Å². The van der Waals surface area contributed by atoms with Gasteiger partial charge in [-0.25, -0.2) is 0 Å². The number of hydrogen-bond acceptors (Lipinski definition) is 3. The first-order valence-corrected chi connectivity index (χ1v) is 7.31. The molecule has 1 saturated heterocycles. The molecule has 104 valence electrons. The third-order valence-electron chi connectivity index (χ3n) is 4.57. The number of nitrogens with one attached hydrogen (secondary N) is 1. The summed E-state index contributed by atoms with van der Waals surface area (Å²) >= 11 is 0. The van der Waals surface area contributed by atoms with Gasteiger partial charge < -0.3 is 10.4 Å². The van der Waals surface area contributed by atoms with Crippen LogP contribution in [0.1, 0.15) is 32.3 Å². The van der Waals surface area contributed by atoms with Crippen molar-refractivity contribution in [1.82, 2.24) is 10.2 Å². The molecule has 3 rings (SSSR count). The zero-order valence-electron chi connectivity index (χ0n) is 11.9. The van der Waals surface area contributed by atoms with E-state index in [1.54, 1.807) is 12.1 Å². The number of phenols is 1. The van der Waals surface area contributed by atoms with Gasteiger partial charge in [0.2, 0.25) is 0 Å². The van der Waals surface area contributed by atoms with Gasteiger partial charge >= 0.3 is 0 Å². The molecular weight excluding hydrogens is 236 g/mol. The molecule has 0 radical (unpaired) electrons. The molecule has 1 aromatic rings. The van der Waals surface area contributed by atoms with E-state index >= 15 is 0 Å². The fourth-order valence-corrected chi connectivity index (χ4v) is 2.96. The zero-order chi connectivity index (χ0) is 13.5. The summed E-state index contributed by atoms with van der Waals surface area (Å²) < 4.78 is 0. The Balaban J connectivity index is 1.70. The first-order valence-electron chi connectivity index (χ1n) is 7.31. The van der Waals surface area contributed by atoms with E-state index < -0.39 is 0 Å². The van der Waals surface area contributed by atoms with E-state index in [2.05, 4.69) is 24.1 Å². The number of rotatable bonds is 3. The molecule has 0 amide bonds. The van der Waals surface area contributed by atoms with Crippen molar-refractivity contribution < 1.29 is 5.11 Å². The predicted molar refractivity (Wildman–Crippen MR) is 77.1 cm³/mol. The Labute approximate surface area is 115 Å². The first kappa shape index (κ1) is 12.9. The van der Waals surface area contributed by atoms with E-state index in [1.165, 1.54) is 18.4 Å². The van der Waals surface area contributed by atoms with Gasteiger partial charge in [-0.2, -0.15) is 0 Å². The predicted octanol–water partition coefficient (Wildman–Crippen LogP) is 2.35. The van der Waals surface area contributed by atoms with Crippen molar-refractivity contribution in [3.05, 3.63) is 29.8 Å². The molecule has 1 aromatic carbocycles. The molecule has 1 aliphatic carbocycles. The largest absolute Gasteiger partial charge is 0.508 e. The number of nitrogens with zero attached hydrogens (tertiary/aromatic N) is 1. The number of hydrogen-bond donors (Lipinski definition) is 2. The van der Waals surface area contributed by atoms with Crippen LogP contribution in [0.5, 0.6) is 5.75 Å². The summed E-state index contributed by atoms with van der Waals surface area (Å²) in [4.78, 5) is 2.58. The monoisotopic (exact) mass is 260 g/mol. The van der Waals surface area contributed by atoms with Crippen molar-refractivity contribution in [3.63, 3.8) is 0 Å². The molecule has 1 unspecified atom stereocenters. The van der Waals surface area contributed by atoms with Gasteiger partial charge in [-0.15, -0.1) is 0 Å². The third kappa shape index (κ3) is 2.93. The topological polar surface area (TPSA) is 35.5 Å². The highest BCUT2D eigenvalue weighted by atomic mass is 16.3. The Kier molecular flexibility index (Phi) is 3.27. The average molecular weight is 260 g/mol. The van der Waals surface area contributed by atoms with Gasteiger partial charge in [0.05, 0.1) is 0 Å². The summed E-state index contributed by atoms with van der Waals surface area (Å²) in [5, 5.41) is 13.1. The minimum atomic E-state index is 0.198. The molecule has 2 fully saturated rings. The second-order valence-electron chi connectivity index (χ2n) is 6.68. The van der Waals surface area contributed by atoms with Gasteiger partial charge in [0.1, 0.15) is 5.75 Å². The Morgan fingerprint density at radius 2 is 1.95 bits per heavy atom. The van der Waals surface area contributed by atoms with Gasteiger partial charge in [0, 0.05) is 31.2 Å². The maximum absolute atomic E-state index is 9.36. The molecule has 1 aliphatic heterocycles. The minimum absolute atomic E-state index is 0.198. The molecule has 2 aliphatic rings. The number of aromatic hydroxyl groups is 1. The molecule has 3 heteroatoms. The molecule has 19 heavy (non-hydrogen) atoms. The van der Waals surface area contributed by atoms with E-state index in [4.69, 9.17) is 0 Å². The van der Waals surface area contributed by atoms with Crippen molar-refractivity contribution in [1.29, 1.82) is 0 Å². The maximum Gasteiger partial charge on any atom is 0.115 e. The van der Waals surface area contributed by atoms with E-state index in [-0.39, 0.29) is 5.54 Å². The van der Waals surface area contributed by atoms with Gasteiger partial charge in [0.15, 0.2) is 0 Å². The summed E-state index contributed by atoms with van der Waals surface area (Å²) in [6.45, 7) is 7.79. The van der Waals surface area contributed by atoms with Crippen LogP contribution in [-0.4, -0.2) is 34.7 Å². The average Bonchev–Trinajstić information content (AvgIpc) is 3.19. The lowest BCUT2D eigenvalue weighted by Gasteiger charge is -2.46. The van der Waals surface area contributed by atoms with Crippen molar-refractivity contribution in [2.24, 2.45) is 5.92 Å². The highest BCUT2D eigenvalue weighted by molar-refractivity contribution is 5.26.